The maximum Gasteiger partial charge on any atom is 0.238 e. The Hall–Kier alpha value is -1.54. The quantitative estimate of drug-likeness (QED) is 0.719. The highest BCUT2D eigenvalue weighted by atomic mass is 35.5. The molecule has 5 nitrogen and oxygen atoms in total. The van der Waals surface area contributed by atoms with Gasteiger partial charge in [-0.2, -0.15) is 8.75 Å². The summed E-state index contributed by atoms with van der Waals surface area (Å²) in [6.45, 7) is 3.85. The van der Waals surface area contributed by atoms with Crippen molar-refractivity contribution in [3.8, 4) is 0 Å². The number of carbonyl (C=O) groups excluding carboxylic acids is 1. The molecule has 8 heteroatoms. The van der Waals surface area contributed by atoms with E-state index in [-0.39, 0.29) is 5.91 Å². The molecular weight excluding hydrogens is 352 g/mol. The van der Waals surface area contributed by atoms with Crippen molar-refractivity contribution in [2.45, 2.75) is 13.5 Å². The number of hydrogen-bond acceptors (Lipinski definition) is 6. The number of nitrogens with zero attached hydrogens (tertiary/aromatic N) is 3. The van der Waals surface area contributed by atoms with Crippen molar-refractivity contribution in [2.24, 2.45) is 0 Å². The summed E-state index contributed by atoms with van der Waals surface area (Å²) in [7, 11) is 0. The van der Waals surface area contributed by atoms with Crippen molar-refractivity contribution in [1.29, 1.82) is 0 Å². The monoisotopic (exact) mass is 366 g/mol. The number of thiophene rings is 1. The lowest BCUT2D eigenvalue weighted by Gasteiger charge is -2.19. The van der Waals surface area contributed by atoms with Crippen LogP contribution in [0.1, 0.15) is 11.8 Å². The minimum absolute atomic E-state index is 0.0602. The number of anilines is 1. The Morgan fingerprint density at radius 3 is 2.91 bits per heavy atom. The number of likely N-dealkylation sites (N-methyl/N-ethyl adjacent to an activating group) is 1. The van der Waals surface area contributed by atoms with Gasteiger partial charge in [-0.15, -0.1) is 11.3 Å². The molecule has 0 saturated heterocycles. The predicted octanol–water partition coefficient (Wildman–Crippen LogP) is 3.87. The van der Waals surface area contributed by atoms with Gasteiger partial charge in [-0.05, 0) is 30.8 Å². The maximum absolute atomic E-state index is 12.3. The van der Waals surface area contributed by atoms with Crippen LogP contribution in [0.25, 0.3) is 11.0 Å². The SMILES string of the molecule is CCN(CC(=O)Nc1cccc2nsnc12)Cc1ccc(Cl)s1. The highest BCUT2D eigenvalue weighted by Gasteiger charge is 2.13. The number of carbonyl (C=O) groups is 1. The van der Waals surface area contributed by atoms with E-state index in [1.807, 2.05) is 37.3 Å². The maximum atomic E-state index is 12.3. The molecule has 0 spiro atoms. The van der Waals surface area contributed by atoms with E-state index in [1.54, 1.807) is 11.3 Å². The summed E-state index contributed by atoms with van der Waals surface area (Å²) in [5, 5.41) is 2.93. The summed E-state index contributed by atoms with van der Waals surface area (Å²) in [5.74, 6) is -0.0602. The number of fused-ring (bicyclic) bond motifs is 1. The molecule has 0 unspecified atom stereocenters. The fraction of sp³-hybridized carbons (Fsp3) is 0.267. The Balaban J connectivity index is 1.64. The van der Waals surface area contributed by atoms with E-state index in [4.69, 9.17) is 11.6 Å². The van der Waals surface area contributed by atoms with Crippen molar-refractivity contribution >= 4 is 57.3 Å². The average molecular weight is 367 g/mol. The summed E-state index contributed by atoms with van der Waals surface area (Å²) in [5.41, 5.74) is 2.24. The highest BCUT2D eigenvalue weighted by molar-refractivity contribution is 7.16. The van der Waals surface area contributed by atoms with Crippen molar-refractivity contribution in [1.82, 2.24) is 13.6 Å². The van der Waals surface area contributed by atoms with Gasteiger partial charge in [-0.25, -0.2) is 0 Å². The zero-order chi connectivity index (χ0) is 16.2. The first-order valence-corrected chi connectivity index (χ1v) is 9.06. The van der Waals surface area contributed by atoms with Crippen LogP contribution in [0.4, 0.5) is 5.69 Å². The molecule has 23 heavy (non-hydrogen) atoms. The summed E-state index contributed by atoms with van der Waals surface area (Å²) < 4.78 is 9.18. The van der Waals surface area contributed by atoms with Crippen molar-refractivity contribution in [3.05, 3.63) is 39.5 Å². The Labute approximate surface area is 147 Å². The van der Waals surface area contributed by atoms with Gasteiger partial charge in [0.25, 0.3) is 0 Å². The van der Waals surface area contributed by atoms with Gasteiger partial charge >= 0.3 is 0 Å². The molecule has 0 atom stereocenters. The van der Waals surface area contributed by atoms with Gasteiger partial charge in [0.2, 0.25) is 5.91 Å². The number of amides is 1. The minimum atomic E-state index is -0.0602. The van der Waals surface area contributed by atoms with E-state index in [0.29, 0.717) is 18.8 Å². The van der Waals surface area contributed by atoms with Gasteiger partial charge < -0.3 is 5.32 Å². The molecule has 0 aliphatic rings. The van der Waals surface area contributed by atoms with Gasteiger partial charge in [0.05, 0.1) is 28.3 Å². The smallest absolute Gasteiger partial charge is 0.238 e. The van der Waals surface area contributed by atoms with Crippen LogP contribution in [-0.4, -0.2) is 32.6 Å². The molecule has 3 aromatic rings. The van der Waals surface area contributed by atoms with Gasteiger partial charge in [0.15, 0.2) is 0 Å². The zero-order valence-corrected chi connectivity index (χ0v) is 14.8. The standard InChI is InChI=1S/C15H15ClN4OS2/c1-2-20(8-10-6-7-13(16)22-10)9-14(21)17-11-4-3-5-12-15(11)19-23-18-12/h3-7H,2,8-9H2,1H3,(H,17,21). The van der Waals surface area contributed by atoms with Crippen LogP contribution >= 0.6 is 34.7 Å². The molecule has 0 aliphatic carbocycles. The predicted molar refractivity (Wildman–Crippen MR) is 96.3 cm³/mol. The third-order valence-corrected chi connectivity index (χ3v) is 5.14. The van der Waals surface area contributed by atoms with Crippen LogP contribution in [-0.2, 0) is 11.3 Å². The molecule has 0 saturated carbocycles. The lowest BCUT2D eigenvalue weighted by atomic mass is 10.2. The van der Waals surface area contributed by atoms with E-state index < -0.39 is 0 Å². The third kappa shape index (κ3) is 4.06. The zero-order valence-electron chi connectivity index (χ0n) is 12.5. The van der Waals surface area contributed by atoms with Crippen molar-refractivity contribution in [2.75, 3.05) is 18.4 Å². The number of hydrogen-bond donors (Lipinski definition) is 1. The van der Waals surface area contributed by atoms with Crippen LogP contribution in [0.2, 0.25) is 4.34 Å². The molecular formula is C15H15ClN4OS2. The molecule has 2 heterocycles. The molecule has 120 valence electrons. The summed E-state index contributed by atoms with van der Waals surface area (Å²) >= 11 is 8.64. The Morgan fingerprint density at radius 1 is 1.30 bits per heavy atom. The molecule has 3 rings (SSSR count). The topological polar surface area (TPSA) is 58.1 Å². The fourth-order valence-corrected chi connectivity index (χ4v) is 3.92. The lowest BCUT2D eigenvalue weighted by molar-refractivity contribution is -0.117. The molecule has 1 amide bonds. The summed E-state index contributed by atoms with van der Waals surface area (Å²) in [6, 6.07) is 9.47. The van der Waals surface area contributed by atoms with E-state index in [1.165, 1.54) is 0 Å². The van der Waals surface area contributed by atoms with Crippen molar-refractivity contribution < 1.29 is 4.79 Å². The van der Waals surface area contributed by atoms with Gasteiger partial charge in [0, 0.05) is 11.4 Å². The summed E-state index contributed by atoms with van der Waals surface area (Å²) in [4.78, 5) is 15.5. The lowest BCUT2D eigenvalue weighted by Crippen LogP contribution is -2.32. The average Bonchev–Trinajstić information content (AvgIpc) is 3.16. The third-order valence-electron chi connectivity index (χ3n) is 3.38. The first kappa shape index (κ1) is 16.3. The van der Waals surface area contributed by atoms with Crippen LogP contribution in [0.3, 0.4) is 0 Å². The Morgan fingerprint density at radius 2 is 2.17 bits per heavy atom. The van der Waals surface area contributed by atoms with Gasteiger partial charge in [-0.1, -0.05) is 24.6 Å². The Bertz CT molecular complexity index is 817. The molecule has 2 aromatic heterocycles. The number of rotatable bonds is 6. The number of aromatic nitrogens is 2. The van der Waals surface area contributed by atoms with Gasteiger partial charge in [0.1, 0.15) is 11.0 Å². The van der Waals surface area contributed by atoms with Crippen LogP contribution in [0, 0.1) is 0 Å². The second-order valence-corrected chi connectivity index (χ2v) is 7.32. The first-order chi connectivity index (χ1) is 11.2. The van der Waals surface area contributed by atoms with E-state index in [2.05, 4.69) is 19.0 Å². The number of benzene rings is 1. The van der Waals surface area contributed by atoms with Crippen LogP contribution < -0.4 is 5.32 Å². The molecule has 1 aromatic carbocycles. The van der Waals surface area contributed by atoms with Crippen LogP contribution in [0.5, 0.6) is 0 Å². The number of nitrogens with one attached hydrogen (secondary N) is 1. The van der Waals surface area contributed by atoms with E-state index >= 15 is 0 Å². The molecule has 0 fully saturated rings. The van der Waals surface area contributed by atoms with Crippen LogP contribution in [0.15, 0.2) is 30.3 Å². The largest absolute Gasteiger partial charge is 0.323 e. The second-order valence-electron chi connectivity index (χ2n) is 4.99. The highest BCUT2D eigenvalue weighted by Crippen LogP contribution is 2.23. The van der Waals surface area contributed by atoms with E-state index in [9.17, 15) is 4.79 Å². The normalized spacial score (nSPS) is 11.3. The first-order valence-electron chi connectivity index (χ1n) is 7.13. The van der Waals surface area contributed by atoms with Gasteiger partial charge in [-0.3, -0.25) is 9.69 Å². The molecule has 0 radical (unpaired) electrons. The molecule has 1 N–H and O–H groups in total. The summed E-state index contributed by atoms with van der Waals surface area (Å²) in [6.07, 6.45) is 0. The number of halogens is 1. The second kappa shape index (κ2) is 7.35. The molecule has 0 bridgehead atoms. The Kier molecular flexibility index (Phi) is 5.22. The van der Waals surface area contributed by atoms with Crippen molar-refractivity contribution in [3.63, 3.8) is 0 Å². The minimum Gasteiger partial charge on any atom is -0.323 e. The van der Waals surface area contributed by atoms with E-state index in [0.717, 1.165) is 38.5 Å². The molecule has 0 aliphatic heterocycles. The fourth-order valence-electron chi connectivity index (χ4n) is 2.24.